The van der Waals surface area contributed by atoms with Gasteiger partial charge in [0.2, 0.25) is 0 Å². The number of rotatable bonds is 2. The second-order valence-electron chi connectivity index (χ2n) is 4.74. The van der Waals surface area contributed by atoms with Gasteiger partial charge in [-0.2, -0.15) is 0 Å². The number of allylic oxidation sites excluding steroid dienone is 2. The van der Waals surface area contributed by atoms with E-state index in [1.165, 1.54) is 10.1 Å². The number of hydrogen-bond donors (Lipinski definition) is 1. The maximum absolute atomic E-state index is 6.48. The summed E-state index contributed by atoms with van der Waals surface area (Å²) in [6.45, 7) is 8.81. The smallest absolute Gasteiger partial charge is 0.0433 e. The monoisotopic (exact) mass is 257 g/mol. The lowest BCUT2D eigenvalue weighted by Gasteiger charge is -2.39. The van der Waals surface area contributed by atoms with Crippen molar-refractivity contribution >= 4 is 15.9 Å². The van der Waals surface area contributed by atoms with Crippen LogP contribution in [-0.2, 0) is 0 Å². The van der Waals surface area contributed by atoms with Crippen LogP contribution in [0.2, 0.25) is 0 Å². The van der Waals surface area contributed by atoms with Gasteiger partial charge < -0.3 is 5.73 Å². The van der Waals surface area contributed by atoms with Crippen molar-refractivity contribution in [1.29, 1.82) is 0 Å². The quantitative estimate of drug-likeness (QED) is 0.804. The molecule has 1 aliphatic carbocycles. The van der Waals surface area contributed by atoms with E-state index in [1.807, 2.05) is 0 Å². The molecule has 2 N–H and O–H groups in total. The van der Waals surface area contributed by atoms with Gasteiger partial charge in [-0.1, -0.05) is 49.7 Å². The summed E-state index contributed by atoms with van der Waals surface area (Å²) in [4.78, 5) is 0. The summed E-state index contributed by atoms with van der Waals surface area (Å²) in [7, 11) is 0. The largest absolute Gasteiger partial charge is 0.321 e. The Bertz CT molecular complexity index is 276. The molecule has 0 bridgehead atoms. The first-order chi connectivity index (χ1) is 6.38. The van der Waals surface area contributed by atoms with Gasteiger partial charge in [0.25, 0.3) is 0 Å². The van der Waals surface area contributed by atoms with Crippen molar-refractivity contribution < 1.29 is 0 Å². The summed E-state index contributed by atoms with van der Waals surface area (Å²) in [6.07, 6.45) is 5.30. The summed E-state index contributed by atoms with van der Waals surface area (Å²) in [5.74, 6) is 0.997. The molecule has 0 fully saturated rings. The van der Waals surface area contributed by atoms with Crippen molar-refractivity contribution in [2.24, 2.45) is 17.6 Å². The summed E-state index contributed by atoms with van der Waals surface area (Å²) < 4.78 is 1.17. The van der Waals surface area contributed by atoms with Gasteiger partial charge in [-0.15, -0.1) is 0 Å². The maximum Gasteiger partial charge on any atom is 0.0433 e. The topological polar surface area (TPSA) is 26.0 Å². The lowest BCUT2D eigenvalue weighted by Crippen LogP contribution is -2.48. The molecule has 1 rings (SSSR count). The molecular formula is C12H20BrN. The van der Waals surface area contributed by atoms with E-state index in [0.717, 1.165) is 6.42 Å². The van der Waals surface area contributed by atoms with E-state index in [1.54, 1.807) is 0 Å². The SMILES string of the molecule is CC(C)C1=CC(Br)=CCC1(N)C(C)C. The molecule has 14 heavy (non-hydrogen) atoms. The van der Waals surface area contributed by atoms with Crippen LogP contribution in [0.15, 0.2) is 22.2 Å². The molecular weight excluding hydrogens is 238 g/mol. The minimum atomic E-state index is -0.147. The van der Waals surface area contributed by atoms with Gasteiger partial charge in [-0.3, -0.25) is 0 Å². The zero-order valence-electron chi connectivity index (χ0n) is 9.47. The highest BCUT2D eigenvalue weighted by atomic mass is 79.9. The molecule has 0 aromatic carbocycles. The Morgan fingerprint density at radius 2 is 1.93 bits per heavy atom. The lowest BCUT2D eigenvalue weighted by atomic mass is 9.72. The van der Waals surface area contributed by atoms with Crippen LogP contribution in [0.3, 0.4) is 0 Å². The highest BCUT2D eigenvalue weighted by Crippen LogP contribution is 2.37. The van der Waals surface area contributed by atoms with E-state index in [-0.39, 0.29) is 5.54 Å². The van der Waals surface area contributed by atoms with Crippen LogP contribution in [0, 0.1) is 11.8 Å². The highest BCUT2D eigenvalue weighted by molar-refractivity contribution is 9.11. The third-order valence-corrected chi connectivity index (χ3v) is 3.67. The van der Waals surface area contributed by atoms with E-state index in [2.05, 4.69) is 55.8 Å². The van der Waals surface area contributed by atoms with Crippen LogP contribution < -0.4 is 5.73 Å². The fourth-order valence-corrected chi connectivity index (χ4v) is 2.41. The molecule has 0 aromatic rings. The molecule has 80 valence electrons. The van der Waals surface area contributed by atoms with Gasteiger partial charge in [-0.25, -0.2) is 0 Å². The third-order valence-electron chi connectivity index (χ3n) is 3.12. The first-order valence-electron chi connectivity index (χ1n) is 5.24. The zero-order valence-corrected chi connectivity index (χ0v) is 11.1. The Morgan fingerprint density at radius 3 is 2.36 bits per heavy atom. The normalized spacial score (nSPS) is 28.0. The van der Waals surface area contributed by atoms with Gasteiger partial charge in [0.05, 0.1) is 0 Å². The summed E-state index contributed by atoms with van der Waals surface area (Å²) in [5.41, 5.74) is 7.69. The van der Waals surface area contributed by atoms with E-state index in [9.17, 15) is 0 Å². The van der Waals surface area contributed by atoms with Crippen LogP contribution in [0.4, 0.5) is 0 Å². The van der Waals surface area contributed by atoms with E-state index >= 15 is 0 Å². The Kier molecular flexibility index (Phi) is 3.59. The summed E-state index contributed by atoms with van der Waals surface area (Å²) >= 11 is 3.53. The van der Waals surface area contributed by atoms with Gasteiger partial charge in [0, 0.05) is 10.0 Å². The first kappa shape index (κ1) is 12.0. The average Bonchev–Trinajstić information content (AvgIpc) is 2.08. The molecule has 1 aliphatic rings. The highest BCUT2D eigenvalue weighted by Gasteiger charge is 2.35. The van der Waals surface area contributed by atoms with Gasteiger partial charge in [-0.05, 0) is 29.9 Å². The number of hydrogen-bond acceptors (Lipinski definition) is 1. The fourth-order valence-electron chi connectivity index (χ4n) is 2.00. The standard InChI is InChI=1S/C12H20BrN/c1-8(2)11-7-10(13)5-6-12(11,14)9(3)4/h5,7-9H,6,14H2,1-4H3. The van der Waals surface area contributed by atoms with Crippen LogP contribution in [0.5, 0.6) is 0 Å². The zero-order chi connectivity index (χ0) is 10.9. The van der Waals surface area contributed by atoms with Gasteiger partial charge in [0.1, 0.15) is 0 Å². The molecule has 0 heterocycles. The van der Waals surface area contributed by atoms with Crippen LogP contribution in [0.25, 0.3) is 0 Å². The second kappa shape index (κ2) is 4.19. The molecule has 0 spiro atoms. The molecule has 1 nitrogen and oxygen atoms in total. The molecule has 2 heteroatoms. The summed E-state index contributed by atoms with van der Waals surface area (Å²) in [5, 5.41) is 0. The van der Waals surface area contributed by atoms with Crippen molar-refractivity contribution in [2.45, 2.75) is 39.7 Å². The molecule has 1 atom stereocenters. The first-order valence-corrected chi connectivity index (χ1v) is 6.04. The minimum absolute atomic E-state index is 0.147. The van der Waals surface area contributed by atoms with E-state index in [0.29, 0.717) is 11.8 Å². The Hall–Kier alpha value is -0.0800. The Balaban J connectivity index is 3.07. The summed E-state index contributed by atoms with van der Waals surface area (Å²) in [6, 6.07) is 0. The van der Waals surface area contributed by atoms with E-state index < -0.39 is 0 Å². The van der Waals surface area contributed by atoms with Crippen molar-refractivity contribution in [3.8, 4) is 0 Å². The van der Waals surface area contributed by atoms with Crippen molar-refractivity contribution in [3.05, 3.63) is 22.2 Å². The second-order valence-corrected chi connectivity index (χ2v) is 5.66. The molecule has 0 radical (unpaired) electrons. The molecule has 0 amide bonds. The molecule has 0 saturated heterocycles. The predicted molar refractivity (Wildman–Crippen MR) is 66.3 cm³/mol. The number of halogens is 1. The van der Waals surface area contributed by atoms with Crippen LogP contribution >= 0.6 is 15.9 Å². The van der Waals surface area contributed by atoms with Gasteiger partial charge in [0.15, 0.2) is 0 Å². The number of nitrogens with two attached hydrogens (primary N) is 1. The van der Waals surface area contributed by atoms with Gasteiger partial charge >= 0.3 is 0 Å². The van der Waals surface area contributed by atoms with Crippen molar-refractivity contribution in [2.75, 3.05) is 0 Å². The minimum Gasteiger partial charge on any atom is -0.321 e. The van der Waals surface area contributed by atoms with E-state index in [4.69, 9.17) is 5.73 Å². The molecule has 0 aromatic heterocycles. The maximum atomic E-state index is 6.48. The van der Waals surface area contributed by atoms with Crippen LogP contribution in [-0.4, -0.2) is 5.54 Å². The Labute approximate surface area is 95.6 Å². The van der Waals surface area contributed by atoms with Crippen molar-refractivity contribution in [3.63, 3.8) is 0 Å². The predicted octanol–water partition coefficient (Wildman–Crippen LogP) is 3.60. The lowest BCUT2D eigenvalue weighted by molar-refractivity contribution is 0.338. The average molecular weight is 258 g/mol. The van der Waals surface area contributed by atoms with Crippen LogP contribution in [0.1, 0.15) is 34.1 Å². The fraction of sp³-hybridized carbons (Fsp3) is 0.667. The Morgan fingerprint density at radius 1 is 1.36 bits per heavy atom. The van der Waals surface area contributed by atoms with Crippen molar-refractivity contribution in [1.82, 2.24) is 0 Å². The molecule has 0 aliphatic heterocycles. The molecule has 0 saturated carbocycles. The third kappa shape index (κ3) is 2.12. The molecule has 1 unspecified atom stereocenters.